The number of aryl methyl sites for hydroxylation is 1. The van der Waals surface area contributed by atoms with Crippen molar-refractivity contribution in [2.24, 2.45) is 0 Å². The molecule has 2 aromatic rings. The second-order valence-electron chi connectivity index (χ2n) is 6.78. The molecule has 0 aliphatic carbocycles. The van der Waals surface area contributed by atoms with E-state index in [-0.39, 0.29) is 11.9 Å². The maximum absolute atomic E-state index is 12.8. The standard InChI is InChI=1S/C21H28N2O/c1-15(2)22-20-12-8-11-19(14-20)21(24)23(5)17(4)13-18-10-7-6-9-16(18)3/h6-12,14-15,17,22H,13H2,1-5H3. The summed E-state index contributed by atoms with van der Waals surface area (Å²) in [5, 5.41) is 3.34. The number of anilines is 1. The van der Waals surface area contributed by atoms with E-state index in [0.29, 0.717) is 6.04 Å². The van der Waals surface area contributed by atoms with E-state index in [4.69, 9.17) is 0 Å². The van der Waals surface area contributed by atoms with Crippen molar-refractivity contribution < 1.29 is 4.79 Å². The van der Waals surface area contributed by atoms with Crippen LogP contribution in [-0.2, 0) is 6.42 Å². The summed E-state index contributed by atoms with van der Waals surface area (Å²) in [6.45, 7) is 8.39. The number of carbonyl (C=O) groups is 1. The number of hydrogen-bond acceptors (Lipinski definition) is 2. The highest BCUT2D eigenvalue weighted by Gasteiger charge is 2.18. The van der Waals surface area contributed by atoms with Crippen molar-refractivity contribution in [2.75, 3.05) is 12.4 Å². The second kappa shape index (κ2) is 8.00. The summed E-state index contributed by atoms with van der Waals surface area (Å²) in [4.78, 5) is 14.6. The third-order valence-corrected chi connectivity index (χ3v) is 4.32. The van der Waals surface area contributed by atoms with Crippen LogP contribution in [0.5, 0.6) is 0 Å². The van der Waals surface area contributed by atoms with Crippen LogP contribution in [0.1, 0.15) is 42.3 Å². The highest BCUT2D eigenvalue weighted by atomic mass is 16.2. The fourth-order valence-electron chi connectivity index (χ4n) is 2.77. The Kier molecular flexibility index (Phi) is 6.02. The molecular weight excluding hydrogens is 296 g/mol. The largest absolute Gasteiger partial charge is 0.383 e. The number of benzene rings is 2. The van der Waals surface area contributed by atoms with Crippen molar-refractivity contribution >= 4 is 11.6 Å². The first-order valence-corrected chi connectivity index (χ1v) is 8.56. The lowest BCUT2D eigenvalue weighted by molar-refractivity contribution is 0.0743. The Balaban J connectivity index is 2.09. The summed E-state index contributed by atoms with van der Waals surface area (Å²) in [5.74, 6) is 0.0588. The Morgan fingerprint density at radius 3 is 2.46 bits per heavy atom. The van der Waals surface area contributed by atoms with Crippen LogP contribution in [-0.4, -0.2) is 29.9 Å². The van der Waals surface area contributed by atoms with Gasteiger partial charge in [0.05, 0.1) is 0 Å². The summed E-state index contributed by atoms with van der Waals surface area (Å²) < 4.78 is 0. The zero-order valence-electron chi connectivity index (χ0n) is 15.3. The molecule has 0 heterocycles. The lowest BCUT2D eigenvalue weighted by atomic mass is 10.0. The lowest BCUT2D eigenvalue weighted by Gasteiger charge is -2.26. The van der Waals surface area contributed by atoms with Crippen LogP contribution in [0.25, 0.3) is 0 Å². The Bertz CT molecular complexity index is 694. The second-order valence-corrected chi connectivity index (χ2v) is 6.78. The molecule has 3 heteroatoms. The predicted molar refractivity (Wildman–Crippen MR) is 102 cm³/mol. The first kappa shape index (κ1) is 18.1. The Labute approximate surface area is 145 Å². The maximum Gasteiger partial charge on any atom is 0.253 e. The van der Waals surface area contributed by atoms with Crippen LogP contribution < -0.4 is 5.32 Å². The summed E-state index contributed by atoms with van der Waals surface area (Å²) in [5.41, 5.74) is 4.27. The normalized spacial score (nSPS) is 12.1. The molecule has 0 aliphatic heterocycles. The van der Waals surface area contributed by atoms with Gasteiger partial charge in [-0.3, -0.25) is 4.79 Å². The highest BCUT2D eigenvalue weighted by molar-refractivity contribution is 5.95. The monoisotopic (exact) mass is 324 g/mol. The van der Waals surface area contributed by atoms with E-state index in [9.17, 15) is 4.79 Å². The average molecular weight is 324 g/mol. The zero-order valence-corrected chi connectivity index (χ0v) is 15.3. The number of likely N-dealkylation sites (N-methyl/N-ethyl adjacent to an activating group) is 1. The number of nitrogens with zero attached hydrogens (tertiary/aromatic N) is 1. The zero-order chi connectivity index (χ0) is 17.7. The van der Waals surface area contributed by atoms with Crippen molar-refractivity contribution in [3.63, 3.8) is 0 Å². The summed E-state index contributed by atoms with van der Waals surface area (Å²) in [6, 6.07) is 16.6. The minimum Gasteiger partial charge on any atom is -0.383 e. The minimum absolute atomic E-state index is 0.0588. The van der Waals surface area contributed by atoms with Gasteiger partial charge in [-0.15, -0.1) is 0 Å². The fraction of sp³-hybridized carbons (Fsp3) is 0.381. The smallest absolute Gasteiger partial charge is 0.253 e. The van der Waals surface area contributed by atoms with Gasteiger partial charge in [0.15, 0.2) is 0 Å². The molecule has 24 heavy (non-hydrogen) atoms. The molecule has 0 saturated heterocycles. The van der Waals surface area contributed by atoms with Crippen LogP contribution in [0, 0.1) is 6.92 Å². The lowest BCUT2D eigenvalue weighted by Crippen LogP contribution is -2.36. The van der Waals surface area contributed by atoms with Crippen LogP contribution in [0.2, 0.25) is 0 Å². The Morgan fingerprint density at radius 2 is 1.79 bits per heavy atom. The number of nitrogens with one attached hydrogen (secondary N) is 1. The van der Waals surface area contributed by atoms with Crippen molar-refractivity contribution in [3.05, 3.63) is 65.2 Å². The molecular formula is C21H28N2O. The highest BCUT2D eigenvalue weighted by Crippen LogP contribution is 2.17. The van der Waals surface area contributed by atoms with Gasteiger partial charge >= 0.3 is 0 Å². The molecule has 1 atom stereocenters. The summed E-state index contributed by atoms with van der Waals surface area (Å²) >= 11 is 0. The Hall–Kier alpha value is -2.29. The molecule has 0 aliphatic rings. The summed E-state index contributed by atoms with van der Waals surface area (Å²) in [6.07, 6.45) is 0.860. The van der Waals surface area contributed by atoms with Gasteiger partial charge in [-0.05, 0) is 63.4 Å². The Morgan fingerprint density at radius 1 is 1.08 bits per heavy atom. The third-order valence-electron chi connectivity index (χ3n) is 4.32. The number of rotatable bonds is 6. The molecule has 1 amide bonds. The number of hydrogen-bond donors (Lipinski definition) is 1. The van der Waals surface area contributed by atoms with E-state index < -0.39 is 0 Å². The molecule has 0 aromatic heterocycles. The maximum atomic E-state index is 12.8. The van der Waals surface area contributed by atoms with Crippen LogP contribution in [0.15, 0.2) is 48.5 Å². The van der Waals surface area contributed by atoms with Crippen molar-refractivity contribution in [1.29, 1.82) is 0 Å². The molecule has 0 radical (unpaired) electrons. The van der Waals surface area contributed by atoms with Gasteiger partial charge in [-0.2, -0.15) is 0 Å². The van der Waals surface area contributed by atoms with E-state index in [0.717, 1.165) is 17.7 Å². The van der Waals surface area contributed by atoms with E-state index in [1.165, 1.54) is 11.1 Å². The molecule has 0 bridgehead atoms. The molecule has 128 valence electrons. The van der Waals surface area contributed by atoms with Crippen LogP contribution in [0.4, 0.5) is 5.69 Å². The van der Waals surface area contributed by atoms with E-state index >= 15 is 0 Å². The van der Waals surface area contributed by atoms with Gasteiger partial charge in [-0.1, -0.05) is 30.3 Å². The molecule has 1 unspecified atom stereocenters. The number of amides is 1. The first-order valence-electron chi connectivity index (χ1n) is 8.56. The minimum atomic E-state index is 0.0588. The van der Waals surface area contributed by atoms with Crippen LogP contribution in [0.3, 0.4) is 0 Å². The molecule has 1 N–H and O–H groups in total. The predicted octanol–water partition coefficient (Wildman–Crippen LogP) is 4.52. The van der Waals surface area contributed by atoms with Gasteiger partial charge in [0.2, 0.25) is 0 Å². The third kappa shape index (κ3) is 4.60. The van der Waals surface area contributed by atoms with Gasteiger partial charge < -0.3 is 10.2 Å². The van der Waals surface area contributed by atoms with Crippen molar-refractivity contribution in [1.82, 2.24) is 4.90 Å². The fourth-order valence-corrected chi connectivity index (χ4v) is 2.77. The quantitative estimate of drug-likeness (QED) is 0.847. The van der Waals surface area contributed by atoms with E-state index in [1.807, 2.05) is 42.3 Å². The molecule has 0 fully saturated rings. The first-order chi connectivity index (χ1) is 11.4. The van der Waals surface area contributed by atoms with E-state index in [1.54, 1.807) is 0 Å². The SMILES string of the molecule is Cc1ccccc1CC(C)N(C)C(=O)c1cccc(NC(C)C)c1. The van der Waals surface area contributed by atoms with Crippen LogP contribution >= 0.6 is 0 Å². The van der Waals surface area contributed by atoms with Gasteiger partial charge in [-0.25, -0.2) is 0 Å². The average Bonchev–Trinajstić information content (AvgIpc) is 2.55. The topological polar surface area (TPSA) is 32.3 Å². The van der Waals surface area contributed by atoms with Crippen molar-refractivity contribution in [2.45, 2.75) is 46.2 Å². The van der Waals surface area contributed by atoms with Crippen molar-refractivity contribution in [3.8, 4) is 0 Å². The molecule has 3 nitrogen and oxygen atoms in total. The molecule has 2 rings (SSSR count). The molecule has 0 saturated carbocycles. The molecule has 0 spiro atoms. The van der Waals surface area contributed by atoms with E-state index in [2.05, 4.69) is 51.2 Å². The summed E-state index contributed by atoms with van der Waals surface area (Å²) in [7, 11) is 1.88. The number of carbonyl (C=O) groups excluding carboxylic acids is 1. The molecule has 2 aromatic carbocycles. The van der Waals surface area contributed by atoms with Gasteiger partial charge in [0, 0.05) is 30.4 Å². The van der Waals surface area contributed by atoms with Gasteiger partial charge in [0.1, 0.15) is 0 Å². The van der Waals surface area contributed by atoms with Gasteiger partial charge in [0.25, 0.3) is 5.91 Å².